The topological polar surface area (TPSA) is 29.3 Å². The first-order chi connectivity index (χ1) is 21.8. The van der Waals surface area contributed by atoms with Crippen molar-refractivity contribution in [3.8, 4) is 33.4 Å². The lowest BCUT2D eigenvalue weighted by Crippen LogP contribution is -2.11. The standard InChI is InChI=1S/C41H28N2O/c1-3-11-29(12-4-1)30-19-21-31(22-20-30)32-23-25-34(26-24-32)43(38-17-9-7-15-36(38)33-13-5-2-6-14-33)35-27-40-41(42-28-35)37-16-8-10-18-39(37)44-40/h1-28H. The zero-order valence-electron chi connectivity index (χ0n) is 24.0. The third-order valence-electron chi connectivity index (χ3n) is 8.14. The van der Waals surface area contributed by atoms with E-state index in [4.69, 9.17) is 9.40 Å². The highest BCUT2D eigenvalue weighted by molar-refractivity contribution is 6.03. The fourth-order valence-electron chi connectivity index (χ4n) is 5.95. The van der Waals surface area contributed by atoms with Crippen LogP contribution in [0.5, 0.6) is 0 Å². The van der Waals surface area contributed by atoms with Gasteiger partial charge in [-0.2, -0.15) is 0 Å². The lowest BCUT2D eigenvalue weighted by atomic mass is 9.99. The number of anilines is 3. The Hall–Kier alpha value is -5.93. The lowest BCUT2D eigenvalue weighted by molar-refractivity contribution is 0.668. The van der Waals surface area contributed by atoms with E-state index in [1.165, 1.54) is 16.7 Å². The summed E-state index contributed by atoms with van der Waals surface area (Å²) in [4.78, 5) is 7.17. The van der Waals surface area contributed by atoms with Crippen LogP contribution in [0.4, 0.5) is 17.1 Å². The van der Waals surface area contributed by atoms with Gasteiger partial charge in [-0.1, -0.05) is 127 Å². The first kappa shape index (κ1) is 25.8. The molecule has 6 aromatic carbocycles. The van der Waals surface area contributed by atoms with E-state index in [1.807, 2.05) is 30.5 Å². The van der Waals surface area contributed by atoms with Crippen LogP contribution in [0.3, 0.4) is 0 Å². The summed E-state index contributed by atoms with van der Waals surface area (Å²) in [5.41, 5.74) is 12.6. The van der Waals surface area contributed by atoms with E-state index >= 15 is 0 Å². The first-order valence-corrected chi connectivity index (χ1v) is 14.8. The van der Waals surface area contributed by atoms with Crippen LogP contribution in [-0.2, 0) is 0 Å². The average Bonchev–Trinajstić information content (AvgIpc) is 3.48. The summed E-state index contributed by atoms with van der Waals surface area (Å²) in [6.07, 6.45) is 1.95. The molecule has 208 valence electrons. The third kappa shape index (κ3) is 4.71. The lowest BCUT2D eigenvalue weighted by Gasteiger charge is -2.27. The molecule has 3 nitrogen and oxygen atoms in total. The van der Waals surface area contributed by atoms with Gasteiger partial charge in [0.15, 0.2) is 5.58 Å². The predicted octanol–water partition coefficient (Wildman–Crippen LogP) is 11.5. The van der Waals surface area contributed by atoms with Crippen LogP contribution in [0.1, 0.15) is 0 Å². The molecule has 0 saturated heterocycles. The summed E-state index contributed by atoms with van der Waals surface area (Å²) in [7, 11) is 0. The molecule has 3 heteroatoms. The highest BCUT2D eigenvalue weighted by Crippen LogP contribution is 2.42. The molecule has 0 unspecified atom stereocenters. The second-order valence-corrected chi connectivity index (χ2v) is 10.8. The van der Waals surface area contributed by atoms with Gasteiger partial charge in [0.25, 0.3) is 0 Å². The number of hydrogen-bond donors (Lipinski definition) is 0. The molecule has 8 aromatic rings. The van der Waals surface area contributed by atoms with E-state index in [1.54, 1.807) is 0 Å². The number of pyridine rings is 1. The maximum absolute atomic E-state index is 6.26. The van der Waals surface area contributed by atoms with E-state index in [9.17, 15) is 0 Å². The summed E-state index contributed by atoms with van der Waals surface area (Å²) in [5, 5.41) is 1.02. The molecule has 0 aliphatic rings. The van der Waals surface area contributed by atoms with Crippen molar-refractivity contribution in [2.24, 2.45) is 0 Å². The summed E-state index contributed by atoms with van der Waals surface area (Å²) < 4.78 is 6.26. The van der Waals surface area contributed by atoms with Crippen molar-refractivity contribution in [3.63, 3.8) is 0 Å². The summed E-state index contributed by atoms with van der Waals surface area (Å²) in [6.45, 7) is 0. The van der Waals surface area contributed by atoms with Crippen LogP contribution in [0, 0.1) is 0 Å². The Balaban J connectivity index is 1.23. The van der Waals surface area contributed by atoms with E-state index in [0.717, 1.165) is 55.8 Å². The number of hydrogen-bond acceptors (Lipinski definition) is 3. The van der Waals surface area contributed by atoms with Gasteiger partial charge in [-0.25, -0.2) is 4.98 Å². The molecule has 0 N–H and O–H groups in total. The van der Waals surface area contributed by atoms with Crippen molar-refractivity contribution < 1.29 is 4.42 Å². The van der Waals surface area contributed by atoms with Crippen molar-refractivity contribution in [2.45, 2.75) is 0 Å². The van der Waals surface area contributed by atoms with Gasteiger partial charge >= 0.3 is 0 Å². The molecule has 0 bridgehead atoms. The normalized spacial score (nSPS) is 11.2. The number of nitrogens with zero attached hydrogens (tertiary/aromatic N) is 2. The maximum Gasteiger partial charge on any atom is 0.155 e. The Kier molecular flexibility index (Phi) is 6.47. The molecular formula is C41H28N2O. The fraction of sp³-hybridized carbons (Fsp3) is 0. The average molecular weight is 565 g/mol. The second kappa shape index (κ2) is 11.0. The van der Waals surface area contributed by atoms with E-state index in [0.29, 0.717) is 0 Å². The minimum absolute atomic E-state index is 0.765. The molecule has 0 amide bonds. The molecule has 0 radical (unpaired) electrons. The molecule has 2 aromatic heterocycles. The third-order valence-corrected chi connectivity index (χ3v) is 8.14. The molecule has 0 fully saturated rings. The quantitative estimate of drug-likeness (QED) is 0.201. The molecule has 0 aliphatic heterocycles. The fourth-order valence-corrected chi connectivity index (χ4v) is 5.95. The highest BCUT2D eigenvalue weighted by Gasteiger charge is 2.19. The van der Waals surface area contributed by atoms with Gasteiger partial charge in [0.05, 0.1) is 17.6 Å². The van der Waals surface area contributed by atoms with Gasteiger partial charge < -0.3 is 9.32 Å². The van der Waals surface area contributed by atoms with Crippen LogP contribution in [0.15, 0.2) is 174 Å². The van der Waals surface area contributed by atoms with Gasteiger partial charge in [0.1, 0.15) is 11.1 Å². The van der Waals surface area contributed by atoms with Crippen molar-refractivity contribution in [1.29, 1.82) is 0 Å². The van der Waals surface area contributed by atoms with Crippen LogP contribution in [0.25, 0.3) is 55.4 Å². The molecule has 0 spiro atoms. The Bertz CT molecular complexity index is 2200. The zero-order chi connectivity index (χ0) is 29.3. The van der Waals surface area contributed by atoms with Crippen LogP contribution in [0.2, 0.25) is 0 Å². The van der Waals surface area contributed by atoms with Gasteiger partial charge in [-0.15, -0.1) is 0 Å². The predicted molar refractivity (Wildman–Crippen MR) is 183 cm³/mol. The molecule has 44 heavy (non-hydrogen) atoms. The van der Waals surface area contributed by atoms with E-state index in [2.05, 4.69) is 144 Å². The zero-order valence-corrected chi connectivity index (χ0v) is 24.0. The summed E-state index contributed by atoms with van der Waals surface area (Å²) in [6, 6.07) is 57.2. The van der Waals surface area contributed by atoms with E-state index < -0.39 is 0 Å². The Morgan fingerprint density at radius 3 is 1.68 bits per heavy atom. The number of para-hydroxylation sites is 2. The van der Waals surface area contributed by atoms with Gasteiger partial charge in [-0.3, -0.25) is 0 Å². The largest absolute Gasteiger partial charge is 0.454 e. The van der Waals surface area contributed by atoms with Crippen molar-refractivity contribution in [2.75, 3.05) is 4.90 Å². The molecule has 8 rings (SSSR count). The Morgan fingerprint density at radius 1 is 0.432 bits per heavy atom. The van der Waals surface area contributed by atoms with Gasteiger partial charge in [0.2, 0.25) is 0 Å². The molecule has 0 aliphatic carbocycles. The van der Waals surface area contributed by atoms with Gasteiger partial charge in [-0.05, 0) is 58.1 Å². The molecular weight excluding hydrogens is 536 g/mol. The van der Waals surface area contributed by atoms with Crippen molar-refractivity contribution in [3.05, 3.63) is 170 Å². The van der Waals surface area contributed by atoms with Crippen LogP contribution < -0.4 is 4.90 Å². The SMILES string of the molecule is c1ccc(-c2ccc(-c3ccc(N(c4cnc5c(c4)oc4ccccc45)c4ccccc4-c4ccccc4)cc3)cc2)cc1. The summed E-state index contributed by atoms with van der Waals surface area (Å²) >= 11 is 0. The summed E-state index contributed by atoms with van der Waals surface area (Å²) in [5.74, 6) is 0. The molecule has 0 saturated carbocycles. The smallest absolute Gasteiger partial charge is 0.155 e. The van der Waals surface area contributed by atoms with Gasteiger partial charge in [0, 0.05) is 22.7 Å². The van der Waals surface area contributed by atoms with Crippen molar-refractivity contribution in [1.82, 2.24) is 4.98 Å². The van der Waals surface area contributed by atoms with Crippen LogP contribution >= 0.6 is 0 Å². The number of furan rings is 1. The Morgan fingerprint density at radius 2 is 0.977 bits per heavy atom. The number of aromatic nitrogens is 1. The minimum atomic E-state index is 0.765. The minimum Gasteiger partial charge on any atom is -0.454 e. The number of benzene rings is 6. The monoisotopic (exact) mass is 564 g/mol. The van der Waals surface area contributed by atoms with E-state index in [-0.39, 0.29) is 0 Å². The van der Waals surface area contributed by atoms with Crippen LogP contribution in [-0.4, -0.2) is 4.98 Å². The van der Waals surface area contributed by atoms with Crippen molar-refractivity contribution >= 4 is 39.1 Å². The highest BCUT2D eigenvalue weighted by atomic mass is 16.3. The maximum atomic E-state index is 6.26. The Labute approximate surface area is 256 Å². The molecule has 0 atom stereocenters. The number of rotatable bonds is 6. The number of fused-ring (bicyclic) bond motifs is 3. The molecule has 2 heterocycles. The first-order valence-electron chi connectivity index (χ1n) is 14.8. The second-order valence-electron chi connectivity index (χ2n) is 10.8.